The number of nitrogens with one attached hydrogen (secondary N) is 1. The predicted molar refractivity (Wildman–Crippen MR) is 138 cm³/mol. The van der Waals surface area contributed by atoms with Gasteiger partial charge in [-0.05, 0) is 60.7 Å². The zero-order chi connectivity index (χ0) is 23.5. The largest absolute Gasteiger partial charge is 0.367 e. The average molecular weight is 494 g/mol. The van der Waals surface area contributed by atoms with Crippen LogP contribution >= 0.6 is 23.6 Å². The molecule has 4 aromatic rings. The van der Waals surface area contributed by atoms with Crippen molar-refractivity contribution in [1.82, 2.24) is 14.5 Å². The number of hydrogen-bond acceptors (Lipinski definition) is 8. The number of aryl methyl sites for hydroxylation is 1. The summed E-state index contributed by atoms with van der Waals surface area (Å²) < 4.78 is 7.53. The third kappa shape index (κ3) is 4.88. The maximum atomic E-state index is 13.4. The Morgan fingerprint density at radius 2 is 2.24 bits per heavy atom. The molecule has 0 spiro atoms. The summed E-state index contributed by atoms with van der Waals surface area (Å²) in [5.74, 6) is 1.01. The van der Waals surface area contributed by atoms with Crippen molar-refractivity contribution in [1.29, 1.82) is 0 Å². The highest BCUT2D eigenvalue weighted by Crippen LogP contribution is 2.30. The molecule has 0 radical (unpaired) electrons. The molecule has 0 amide bonds. The minimum Gasteiger partial charge on any atom is -0.367 e. The number of thiophene rings is 1. The fraction of sp³-hybridized carbons (Fsp3) is 0.320. The van der Waals surface area contributed by atoms with Crippen LogP contribution in [0.25, 0.3) is 10.9 Å². The second-order valence-corrected chi connectivity index (χ2v) is 10.1. The Bertz CT molecular complexity index is 1300. The van der Waals surface area contributed by atoms with Crippen LogP contribution in [0.5, 0.6) is 0 Å². The summed E-state index contributed by atoms with van der Waals surface area (Å²) in [6, 6.07) is 10.6. The Morgan fingerprint density at radius 1 is 1.35 bits per heavy atom. The minimum absolute atomic E-state index is 0.0506. The maximum absolute atomic E-state index is 13.4. The van der Waals surface area contributed by atoms with Crippen LogP contribution in [0.1, 0.15) is 45.6 Å². The first kappa shape index (κ1) is 23.0. The van der Waals surface area contributed by atoms with E-state index in [9.17, 15) is 4.79 Å². The first-order valence-corrected chi connectivity index (χ1v) is 13.0. The molecule has 0 bridgehead atoms. The SMILES string of the molecule is Cc1cn(Cc2csc(C(=O)c3cncnc3NC3CCC(COSN)C3)c2)c2ccccc12. The Kier molecular flexibility index (Phi) is 6.96. The van der Waals surface area contributed by atoms with Crippen molar-refractivity contribution in [3.8, 4) is 0 Å². The summed E-state index contributed by atoms with van der Waals surface area (Å²) in [5, 5.41) is 12.2. The summed E-state index contributed by atoms with van der Waals surface area (Å²) in [6.45, 7) is 3.49. The second kappa shape index (κ2) is 10.3. The van der Waals surface area contributed by atoms with Crippen LogP contribution in [0.2, 0.25) is 0 Å². The quantitative estimate of drug-likeness (QED) is 0.188. The molecule has 1 aromatic carbocycles. The van der Waals surface area contributed by atoms with Gasteiger partial charge in [0.2, 0.25) is 5.78 Å². The van der Waals surface area contributed by atoms with E-state index in [1.165, 1.54) is 34.1 Å². The van der Waals surface area contributed by atoms with Crippen LogP contribution in [0.4, 0.5) is 5.82 Å². The molecule has 9 heteroatoms. The Morgan fingerprint density at radius 3 is 3.12 bits per heavy atom. The first-order valence-electron chi connectivity index (χ1n) is 11.3. The van der Waals surface area contributed by atoms with Gasteiger partial charge < -0.3 is 14.1 Å². The van der Waals surface area contributed by atoms with Crippen LogP contribution in [0, 0.1) is 12.8 Å². The van der Waals surface area contributed by atoms with Crippen LogP contribution in [0.3, 0.4) is 0 Å². The fourth-order valence-corrected chi connectivity index (χ4v) is 5.89. The smallest absolute Gasteiger partial charge is 0.208 e. The van der Waals surface area contributed by atoms with Crippen LogP contribution in [0.15, 0.2) is 54.4 Å². The molecule has 1 aliphatic rings. The van der Waals surface area contributed by atoms with E-state index in [1.54, 1.807) is 6.20 Å². The first-order chi connectivity index (χ1) is 16.6. The van der Waals surface area contributed by atoms with Gasteiger partial charge in [0.15, 0.2) is 0 Å². The molecule has 2 unspecified atom stereocenters. The van der Waals surface area contributed by atoms with E-state index in [2.05, 4.69) is 62.6 Å². The molecule has 1 fully saturated rings. The van der Waals surface area contributed by atoms with Gasteiger partial charge in [-0.2, -0.15) is 0 Å². The van der Waals surface area contributed by atoms with Gasteiger partial charge >= 0.3 is 0 Å². The van der Waals surface area contributed by atoms with Crippen LogP contribution < -0.4 is 10.5 Å². The topological polar surface area (TPSA) is 95.1 Å². The number of para-hydroxylation sites is 1. The van der Waals surface area contributed by atoms with E-state index in [1.807, 2.05) is 6.07 Å². The summed E-state index contributed by atoms with van der Waals surface area (Å²) in [6.07, 6.45) is 8.30. The lowest BCUT2D eigenvalue weighted by Crippen LogP contribution is -2.20. The van der Waals surface area contributed by atoms with Gasteiger partial charge in [-0.3, -0.25) is 9.93 Å². The van der Waals surface area contributed by atoms with Crippen molar-refractivity contribution >= 4 is 46.1 Å². The minimum atomic E-state index is -0.0506. The Hall–Kier alpha value is -2.72. The van der Waals surface area contributed by atoms with Gasteiger partial charge in [0.25, 0.3) is 0 Å². The van der Waals surface area contributed by atoms with Gasteiger partial charge in [0.1, 0.15) is 12.1 Å². The number of ketones is 1. The molecule has 3 N–H and O–H groups in total. The highest BCUT2D eigenvalue weighted by Gasteiger charge is 2.27. The highest BCUT2D eigenvalue weighted by atomic mass is 32.2. The number of aromatic nitrogens is 3. The molecule has 34 heavy (non-hydrogen) atoms. The molecular weight excluding hydrogens is 466 g/mol. The zero-order valence-electron chi connectivity index (χ0n) is 18.9. The molecule has 5 rings (SSSR count). The maximum Gasteiger partial charge on any atom is 0.208 e. The van der Waals surface area contributed by atoms with Crippen molar-refractivity contribution < 1.29 is 8.98 Å². The monoisotopic (exact) mass is 493 g/mol. The number of rotatable bonds is 9. The molecule has 0 saturated heterocycles. The lowest BCUT2D eigenvalue weighted by Gasteiger charge is -2.15. The predicted octanol–water partition coefficient (Wildman–Crippen LogP) is 5.20. The summed E-state index contributed by atoms with van der Waals surface area (Å²) in [7, 11) is 0. The number of carbonyl (C=O) groups excluding carboxylic acids is 1. The highest BCUT2D eigenvalue weighted by molar-refractivity contribution is 7.92. The molecule has 1 aliphatic carbocycles. The number of anilines is 1. The molecule has 7 nitrogen and oxygen atoms in total. The fourth-order valence-electron chi connectivity index (χ4n) is 4.77. The standard InChI is InChI=1S/C25H27N5O2S2/c1-16-11-30(22-5-3-2-4-20(16)22)12-18-9-23(33-14-18)24(31)21-10-27-15-28-25(21)29-19-7-6-17(8-19)13-32-34-26/h2-5,9-11,14-15,17,19H,6-8,12-13,26H2,1H3,(H,27,28,29). The molecular formula is C25H27N5O2S2. The second-order valence-electron chi connectivity index (χ2n) is 8.79. The Balaban J connectivity index is 1.30. The van der Waals surface area contributed by atoms with Crippen molar-refractivity contribution in [2.75, 3.05) is 11.9 Å². The average Bonchev–Trinajstić information content (AvgIpc) is 3.58. The van der Waals surface area contributed by atoms with E-state index >= 15 is 0 Å². The molecule has 176 valence electrons. The van der Waals surface area contributed by atoms with Crippen molar-refractivity contribution in [3.63, 3.8) is 0 Å². The van der Waals surface area contributed by atoms with Gasteiger partial charge in [0.05, 0.1) is 29.3 Å². The normalized spacial score (nSPS) is 17.9. The number of nitrogens with zero attached hydrogens (tertiary/aromatic N) is 3. The zero-order valence-corrected chi connectivity index (χ0v) is 20.6. The number of benzene rings is 1. The van der Waals surface area contributed by atoms with Gasteiger partial charge in [-0.25, -0.2) is 9.97 Å². The molecule has 2 atom stereocenters. The van der Waals surface area contributed by atoms with Gasteiger partial charge in [0, 0.05) is 35.9 Å². The van der Waals surface area contributed by atoms with Crippen LogP contribution in [-0.2, 0) is 10.7 Å². The molecule has 3 heterocycles. The Labute approximate surface area is 207 Å². The summed E-state index contributed by atoms with van der Waals surface area (Å²) >= 11 is 2.38. The van der Waals surface area contributed by atoms with Crippen molar-refractivity contribution in [2.45, 2.75) is 38.8 Å². The van der Waals surface area contributed by atoms with E-state index in [0.717, 1.165) is 43.6 Å². The summed E-state index contributed by atoms with van der Waals surface area (Å²) in [5.41, 5.74) is 4.07. The molecule has 0 aliphatic heterocycles. The summed E-state index contributed by atoms with van der Waals surface area (Å²) in [4.78, 5) is 22.6. The van der Waals surface area contributed by atoms with Crippen molar-refractivity contribution in [3.05, 3.63) is 76.0 Å². The molecule has 1 saturated carbocycles. The van der Waals surface area contributed by atoms with Gasteiger partial charge in [-0.1, -0.05) is 18.2 Å². The van der Waals surface area contributed by atoms with E-state index in [0.29, 0.717) is 28.8 Å². The molecule has 3 aromatic heterocycles. The number of carbonyl (C=O) groups is 1. The van der Waals surface area contributed by atoms with E-state index in [-0.39, 0.29) is 11.8 Å². The van der Waals surface area contributed by atoms with E-state index in [4.69, 9.17) is 9.32 Å². The van der Waals surface area contributed by atoms with Crippen LogP contribution in [-0.4, -0.2) is 33.0 Å². The lowest BCUT2D eigenvalue weighted by atomic mass is 10.1. The number of hydrogen-bond donors (Lipinski definition) is 2. The third-order valence-electron chi connectivity index (χ3n) is 6.43. The lowest BCUT2D eigenvalue weighted by molar-refractivity contribution is 0.104. The third-order valence-corrected chi connectivity index (χ3v) is 7.68. The number of nitrogens with two attached hydrogens (primary N) is 1. The van der Waals surface area contributed by atoms with Crippen molar-refractivity contribution in [2.24, 2.45) is 11.1 Å². The van der Waals surface area contributed by atoms with Gasteiger partial charge in [-0.15, -0.1) is 11.3 Å². The number of fused-ring (bicyclic) bond motifs is 1. The van der Waals surface area contributed by atoms with E-state index < -0.39 is 0 Å².